The molecule has 0 aliphatic rings. The zero-order valence-electron chi connectivity index (χ0n) is 17.4. The zero-order chi connectivity index (χ0) is 22.5. The van der Waals surface area contributed by atoms with Crippen molar-refractivity contribution in [2.45, 2.75) is 6.04 Å². The van der Waals surface area contributed by atoms with Gasteiger partial charge in [0, 0.05) is 16.1 Å². The highest BCUT2D eigenvalue weighted by Crippen LogP contribution is 2.32. The van der Waals surface area contributed by atoms with Crippen LogP contribution in [0.15, 0.2) is 77.2 Å². The molecule has 1 aromatic heterocycles. The van der Waals surface area contributed by atoms with Crippen LogP contribution in [0.5, 0.6) is 11.5 Å². The first kappa shape index (κ1) is 21.4. The van der Waals surface area contributed by atoms with E-state index in [9.17, 15) is 4.79 Å². The highest BCUT2D eigenvalue weighted by molar-refractivity contribution is 6.31. The van der Waals surface area contributed by atoms with Gasteiger partial charge in [-0.25, -0.2) is 0 Å². The third-order valence-electron chi connectivity index (χ3n) is 4.85. The maximum atomic E-state index is 13.3. The number of hydrogen-bond acceptors (Lipinski definition) is 6. The second-order valence-corrected chi connectivity index (χ2v) is 7.18. The first-order chi connectivity index (χ1) is 15.6. The molecule has 0 bridgehead atoms. The molecular weight excluding hydrogens is 430 g/mol. The van der Waals surface area contributed by atoms with Gasteiger partial charge in [-0.1, -0.05) is 54.1 Å². The van der Waals surface area contributed by atoms with Gasteiger partial charge in [-0.05, 0) is 30.3 Å². The molecule has 0 fully saturated rings. The smallest absolute Gasteiger partial charge is 0.259 e. The van der Waals surface area contributed by atoms with Crippen molar-refractivity contribution < 1.29 is 18.7 Å². The fraction of sp³-hybridized carbons (Fsp3) is 0.125. The molecule has 1 N–H and O–H groups in total. The summed E-state index contributed by atoms with van der Waals surface area (Å²) in [5, 5.41) is 11.7. The SMILES string of the molecule is COc1cccc(OC)c1C(=O)N[C@H](c1nnc(-c2ccccc2)o1)c1ccccc1Cl. The van der Waals surface area contributed by atoms with Crippen LogP contribution in [-0.2, 0) is 0 Å². The van der Waals surface area contributed by atoms with Crippen LogP contribution in [0.2, 0.25) is 5.02 Å². The summed E-state index contributed by atoms with van der Waals surface area (Å²) in [4.78, 5) is 13.3. The molecule has 0 radical (unpaired) electrons. The van der Waals surface area contributed by atoms with Gasteiger partial charge < -0.3 is 19.2 Å². The molecule has 162 valence electrons. The van der Waals surface area contributed by atoms with Gasteiger partial charge in [-0.2, -0.15) is 0 Å². The van der Waals surface area contributed by atoms with Gasteiger partial charge in [0.25, 0.3) is 5.91 Å². The number of benzene rings is 3. The van der Waals surface area contributed by atoms with Gasteiger partial charge in [0.1, 0.15) is 23.1 Å². The fourth-order valence-corrected chi connectivity index (χ4v) is 3.55. The third-order valence-corrected chi connectivity index (χ3v) is 5.20. The Balaban J connectivity index is 1.75. The van der Waals surface area contributed by atoms with Crippen molar-refractivity contribution in [3.8, 4) is 23.0 Å². The Hall–Kier alpha value is -3.84. The number of nitrogens with one attached hydrogen (secondary N) is 1. The number of amides is 1. The van der Waals surface area contributed by atoms with Crippen LogP contribution in [0.3, 0.4) is 0 Å². The van der Waals surface area contributed by atoms with E-state index in [-0.39, 0.29) is 11.5 Å². The summed E-state index contributed by atoms with van der Waals surface area (Å²) in [6.45, 7) is 0. The van der Waals surface area contributed by atoms with Crippen molar-refractivity contribution in [2.75, 3.05) is 14.2 Å². The van der Waals surface area contributed by atoms with Gasteiger partial charge in [0.05, 0.1) is 14.2 Å². The number of hydrogen-bond donors (Lipinski definition) is 1. The lowest BCUT2D eigenvalue weighted by molar-refractivity contribution is 0.0931. The Bertz CT molecular complexity index is 1200. The van der Waals surface area contributed by atoms with Crippen LogP contribution < -0.4 is 14.8 Å². The van der Waals surface area contributed by atoms with Crippen molar-refractivity contribution in [3.05, 3.63) is 94.8 Å². The summed E-state index contributed by atoms with van der Waals surface area (Å²) >= 11 is 6.45. The third kappa shape index (κ3) is 4.29. The molecular formula is C24H20ClN3O4. The Labute approximate surface area is 190 Å². The van der Waals surface area contributed by atoms with E-state index in [1.807, 2.05) is 36.4 Å². The zero-order valence-corrected chi connectivity index (χ0v) is 18.2. The standard InChI is InChI=1S/C24H20ClN3O4/c1-30-18-13-8-14-19(31-2)20(18)22(29)26-21(16-11-6-7-12-17(16)25)24-28-27-23(32-24)15-9-4-3-5-10-15/h3-14,21H,1-2H3,(H,26,29)/t21-/m0/s1. The fourth-order valence-electron chi connectivity index (χ4n) is 3.31. The highest BCUT2D eigenvalue weighted by Gasteiger charge is 2.28. The molecule has 0 aliphatic heterocycles. The molecule has 7 nitrogen and oxygen atoms in total. The van der Waals surface area contributed by atoms with E-state index < -0.39 is 11.9 Å². The second kappa shape index (κ2) is 9.53. The summed E-state index contributed by atoms with van der Waals surface area (Å²) in [7, 11) is 2.97. The number of aromatic nitrogens is 2. The molecule has 4 rings (SSSR count). The molecule has 1 heterocycles. The lowest BCUT2D eigenvalue weighted by Gasteiger charge is -2.19. The van der Waals surface area contributed by atoms with E-state index in [1.54, 1.807) is 36.4 Å². The van der Waals surface area contributed by atoms with E-state index in [2.05, 4.69) is 15.5 Å². The predicted molar refractivity (Wildman–Crippen MR) is 120 cm³/mol. The summed E-state index contributed by atoms with van der Waals surface area (Å²) in [5.41, 5.74) is 1.62. The molecule has 3 aromatic carbocycles. The molecule has 4 aromatic rings. The molecule has 0 saturated heterocycles. The van der Waals surface area contributed by atoms with E-state index >= 15 is 0 Å². The second-order valence-electron chi connectivity index (χ2n) is 6.78. The molecule has 8 heteroatoms. The topological polar surface area (TPSA) is 86.5 Å². The van der Waals surface area contributed by atoms with Crippen molar-refractivity contribution in [1.29, 1.82) is 0 Å². The molecule has 0 saturated carbocycles. The van der Waals surface area contributed by atoms with E-state index in [0.29, 0.717) is 28.0 Å². The number of rotatable bonds is 7. The first-order valence-corrected chi connectivity index (χ1v) is 10.1. The van der Waals surface area contributed by atoms with E-state index in [0.717, 1.165) is 5.56 Å². The highest BCUT2D eigenvalue weighted by atomic mass is 35.5. The predicted octanol–water partition coefficient (Wildman–Crippen LogP) is 4.93. The molecule has 32 heavy (non-hydrogen) atoms. The average molecular weight is 450 g/mol. The van der Waals surface area contributed by atoms with Crippen molar-refractivity contribution >= 4 is 17.5 Å². The van der Waals surface area contributed by atoms with Crippen LogP contribution >= 0.6 is 11.6 Å². The maximum absolute atomic E-state index is 13.3. The van der Waals surface area contributed by atoms with Crippen LogP contribution in [0.4, 0.5) is 0 Å². The number of carbonyl (C=O) groups is 1. The van der Waals surface area contributed by atoms with Crippen LogP contribution in [0.25, 0.3) is 11.5 Å². The van der Waals surface area contributed by atoms with Crippen LogP contribution in [-0.4, -0.2) is 30.3 Å². The Kier molecular flexibility index (Phi) is 6.37. The minimum Gasteiger partial charge on any atom is -0.496 e. The molecule has 0 unspecified atom stereocenters. The molecule has 0 aliphatic carbocycles. The van der Waals surface area contributed by atoms with Gasteiger partial charge in [0.2, 0.25) is 11.8 Å². The Morgan fingerprint density at radius 1 is 0.906 bits per heavy atom. The minimum absolute atomic E-state index is 0.194. The lowest BCUT2D eigenvalue weighted by atomic mass is 10.1. The van der Waals surface area contributed by atoms with Crippen molar-refractivity contribution in [2.24, 2.45) is 0 Å². The number of nitrogens with zero attached hydrogens (tertiary/aromatic N) is 2. The van der Waals surface area contributed by atoms with Gasteiger partial charge in [-0.15, -0.1) is 10.2 Å². The monoisotopic (exact) mass is 449 g/mol. The van der Waals surface area contributed by atoms with Crippen molar-refractivity contribution in [3.63, 3.8) is 0 Å². The summed E-state index contributed by atoms with van der Waals surface area (Å²) in [6.07, 6.45) is 0. The van der Waals surface area contributed by atoms with Gasteiger partial charge in [0.15, 0.2) is 0 Å². The number of halogens is 1. The summed E-state index contributed by atoms with van der Waals surface area (Å²) < 4.78 is 16.7. The number of carbonyl (C=O) groups excluding carboxylic acids is 1. The Morgan fingerprint density at radius 2 is 1.56 bits per heavy atom. The quantitative estimate of drug-likeness (QED) is 0.430. The van der Waals surface area contributed by atoms with Gasteiger partial charge in [-0.3, -0.25) is 4.79 Å². The summed E-state index contributed by atoms with van der Waals surface area (Å²) in [6, 6.07) is 20.8. The molecule has 1 atom stereocenters. The largest absolute Gasteiger partial charge is 0.496 e. The number of ether oxygens (including phenoxy) is 2. The van der Waals surface area contributed by atoms with Crippen LogP contribution in [0.1, 0.15) is 27.9 Å². The minimum atomic E-state index is -0.796. The Morgan fingerprint density at radius 3 is 2.22 bits per heavy atom. The lowest BCUT2D eigenvalue weighted by Crippen LogP contribution is -2.30. The summed E-state index contributed by atoms with van der Waals surface area (Å²) in [5.74, 6) is 0.829. The molecule has 1 amide bonds. The van der Waals surface area contributed by atoms with E-state index in [4.69, 9.17) is 25.5 Å². The first-order valence-electron chi connectivity index (χ1n) is 9.77. The molecule has 0 spiro atoms. The average Bonchev–Trinajstić information content (AvgIpc) is 3.33. The van der Waals surface area contributed by atoms with Crippen LogP contribution in [0, 0.1) is 0 Å². The van der Waals surface area contributed by atoms with E-state index in [1.165, 1.54) is 14.2 Å². The maximum Gasteiger partial charge on any atom is 0.259 e. The van der Waals surface area contributed by atoms with Gasteiger partial charge >= 0.3 is 0 Å². The normalized spacial score (nSPS) is 11.6. The van der Waals surface area contributed by atoms with Crippen molar-refractivity contribution in [1.82, 2.24) is 15.5 Å². The number of methoxy groups -OCH3 is 2.